The van der Waals surface area contributed by atoms with Crippen molar-refractivity contribution in [1.82, 2.24) is 5.32 Å². The Hall–Kier alpha value is -1.09. The van der Waals surface area contributed by atoms with E-state index in [1.54, 1.807) is 6.07 Å². The molecule has 2 nitrogen and oxygen atoms in total. The van der Waals surface area contributed by atoms with Gasteiger partial charge in [-0.2, -0.15) is 0 Å². The van der Waals surface area contributed by atoms with Crippen LogP contribution >= 0.6 is 0 Å². The lowest BCUT2D eigenvalue weighted by molar-refractivity contribution is 0.233. The van der Waals surface area contributed by atoms with E-state index in [2.05, 4.69) is 26.1 Å². The first kappa shape index (κ1) is 14.3. The van der Waals surface area contributed by atoms with Gasteiger partial charge in [0, 0.05) is 18.2 Å². The van der Waals surface area contributed by atoms with Crippen LogP contribution < -0.4 is 10.1 Å². The van der Waals surface area contributed by atoms with E-state index >= 15 is 0 Å². The summed E-state index contributed by atoms with van der Waals surface area (Å²) in [4.78, 5) is 0. The Labute approximate surface area is 115 Å². The zero-order valence-corrected chi connectivity index (χ0v) is 12.1. The Morgan fingerprint density at radius 3 is 2.68 bits per heavy atom. The minimum atomic E-state index is -0.260. The van der Waals surface area contributed by atoms with E-state index in [4.69, 9.17) is 4.74 Å². The van der Waals surface area contributed by atoms with Crippen LogP contribution in [0.1, 0.15) is 45.6 Å². The van der Waals surface area contributed by atoms with Gasteiger partial charge in [0.05, 0.1) is 6.61 Å². The SMILES string of the molecule is CC(C)(C)CCOc1c(F)cccc1CNC1CC1. The lowest BCUT2D eigenvalue weighted by Gasteiger charge is -2.19. The fourth-order valence-electron chi connectivity index (χ4n) is 1.86. The Morgan fingerprint density at radius 2 is 2.05 bits per heavy atom. The molecule has 106 valence electrons. The maximum atomic E-state index is 13.9. The smallest absolute Gasteiger partial charge is 0.165 e. The normalized spacial score (nSPS) is 15.6. The van der Waals surface area contributed by atoms with Crippen LogP contribution in [0.2, 0.25) is 0 Å². The van der Waals surface area contributed by atoms with Crippen molar-refractivity contribution >= 4 is 0 Å². The monoisotopic (exact) mass is 265 g/mol. The van der Waals surface area contributed by atoms with Gasteiger partial charge in [0.1, 0.15) is 0 Å². The molecule has 0 spiro atoms. The third kappa shape index (κ3) is 4.83. The first-order valence-corrected chi connectivity index (χ1v) is 7.09. The van der Waals surface area contributed by atoms with Crippen LogP contribution in [-0.2, 0) is 6.54 Å². The Bertz CT molecular complexity index is 421. The number of rotatable bonds is 6. The fraction of sp³-hybridized carbons (Fsp3) is 0.625. The van der Waals surface area contributed by atoms with Crippen LogP contribution in [0.3, 0.4) is 0 Å². The van der Waals surface area contributed by atoms with Gasteiger partial charge >= 0.3 is 0 Å². The second-order valence-electron chi connectivity index (χ2n) is 6.54. The standard InChI is InChI=1S/C16H24FNO/c1-16(2,3)9-10-19-15-12(5-4-6-14(15)17)11-18-13-7-8-13/h4-6,13,18H,7-11H2,1-3H3. The van der Waals surface area contributed by atoms with Crippen molar-refractivity contribution < 1.29 is 9.13 Å². The number of para-hydroxylation sites is 1. The largest absolute Gasteiger partial charge is 0.490 e. The van der Waals surface area contributed by atoms with E-state index in [0.29, 0.717) is 24.9 Å². The molecule has 2 rings (SSSR count). The van der Waals surface area contributed by atoms with Gasteiger partial charge in [-0.25, -0.2) is 4.39 Å². The van der Waals surface area contributed by atoms with Gasteiger partial charge in [0.15, 0.2) is 11.6 Å². The van der Waals surface area contributed by atoms with Gasteiger partial charge in [0.2, 0.25) is 0 Å². The molecule has 0 bridgehead atoms. The molecule has 1 N–H and O–H groups in total. The molecule has 0 aliphatic heterocycles. The van der Waals surface area contributed by atoms with E-state index in [0.717, 1.165) is 12.0 Å². The molecular formula is C16H24FNO. The van der Waals surface area contributed by atoms with Gasteiger partial charge in [-0.1, -0.05) is 32.9 Å². The third-order valence-corrected chi connectivity index (χ3v) is 3.31. The number of hydrogen-bond donors (Lipinski definition) is 1. The van der Waals surface area contributed by atoms with Crippen LogP contribution in [0.4, 0.5) is 4.39 Å². The first-order chi connectivity index (χ1) is 8.96. The van der Waals surface area contributed by atoms with Gasteiger partial charge < -0.3 is 10.1 Å². The molecular weight excluding hydrogens is 241 g/mol. The molecule has 1 aromatic rings. The molecule has 1 saturated carbocycles. The number of ether oxygens (including phenoxy) is 1. The lowest BCUT2D eigenvalue weighted by Crippen LogP contribution is -2.17. The minimum absolute atomic E-state index is 0.206. The molecule has 0 aromatic heterocycles. The summed E-state index contributed by atoms with van der Waals surface area (Å²) in [6.07, 6.45) is 3.38. The highest BCUT2D eigenvalue weighted by Gasteiger charge is 2.21. The summed E-state index contributed by atoms with van der Waals surface area (Å²) < 4.78 is 19.5. The second-order valence-corrected chi connectivity index (χ2v) is 6.54. The maximum absolute atomic E-state index is 13.9. The molecule has 1 aromatic carbocycles. The van der Waals surface area contributed by atoms with Crippen LogP contribution in [-0.4, -0.2) is 12.6 Å². The molecule has 0 heterocycles. The fourth-order valence-corrected chi connectivity index (χ4v) is 1.86. The molecule has 1 fully saturated rings. The maximum Gasteiger partial charge on any atom is 0.165 e. The van der Waals surface area contributed by atoms with E-state index in [9.17, 15) is 4.39 Å². The Kier molecular flexibility index (Phi) is 4.46. The van der Waals surface area contributed by atoms with Crippen molar-refractivity contribution in [2.75, 3.05) is 6.61 Å². The summed E-state index contributed by atoms with van der Waals surface area (Å²) in [5.41, 5.74) is 1.12. The minimum Gasteiger partial charge on any atom is -0.490 e. The van der Waals surface area contributed by atoms with Gasteiger partial charge in [0.25, 0.3) is 0 Å². The molecule has 0 saturated heterocycles. The van der Waals surface area contributed by atoms with Crippen molar-refractivity contribution in [1.29, 1.82) is 0 Å². The van der Waals surface area contributed by atoms with Crippen molar-refractivity contribution in [3.63, 3.8) is 0 Å². The molecule has 19 heavy (non-hydrogen) atoms. The summed E-state index contributed by atoms with van der Waals surface area (Å²) in [6.45, 7) is 7.72. The van der Waals surface area contributed by atoms with E-state index in [1.165, 1.54) is 18.9 Å². The van der Waals surface area contributed by atoms with Gasteiger partial charge in [-0.3, -0.25) is 0 Å². The molecule has 0 atom stereocenters. The van der Waals surface area contributed by atoms with Crippen LogP contribution in [0.15, 0.2) is 18.2 Å². The van der Waals surface area contributed by atoms with E-state index in [-0.39, 0.29) is 11.2 Å². The molecule has 1 aliphatic carbocycles. The zero-order chi connectivity index (χ0) is 13.9. The number of nitrogens with one attached hydrogen (secondary N) is 1. The average Bonchev–Trinajstić information content (AvgIpc) is 3.11. The first-order valence-electron chi connectivity index (χ1n) is 7.09. The van der Waals surface area contributed by atoms with E-state index < -0.39 is 0 Å². The van der Waals surface area contributed by atoms with Gasteiger partial charge in [-0.05, 0) is 30.7 Å². The average molecular weight is 265 g/mol. The summed E-state index contributed by atoms with van der Waals surface area (Å²) >= 11 is 0. The van der Waals surface area contributed by atoms with Crippen LogP contribution in [0.25, 0.3) is 0 Å². The van der Waals surface area contributed by atoms with Crippen molar-refractivity contribution in [3.05, 3.63) is 29.6 Å². The summed E-state index contributed by atoms with van der Waals surface area (Å²) in [5.74, 6) is 0.156. The Morgan fingerprint density at radius 1 is 1.32 bits per heavy atom. The highest BCUT2D eigenvalue weighted by molar-refractivity contribution is 5.35. The number of halogens is 1. The second kappa shape index (κ2) is 5.91. The topological polar surface area (TPSA) is 21.3 Å². The number of hydrogen-bond acceptors (Lipinski definition) is 2. The van der Waals surface area contributed by atoms with Crippen LogP contribution in [0, 0.1) is 11.2 Å². The van der Waals surface area contributed by atoms with Crippen LogP contribution in [0.5, 0.6) is 5.75 Å². The molecule has 0 radical (unpaired) electrons. The highest BCUT2D eigenvalue weighted by Crippen LogP contribution is 2.26. The van der Waals surface area contributed by atoms with Crippen molar-refractivity contribution in [2.45, 2.75) is 52.6 Å². The molecule has 1 aliphatic rings. The highest BCUT2D eigenvalue weighted by atomic mass is 19.1. The molecule has 3 heteroatoms. The predicted octanol–water partition coefficient (Wildman–Crippen LogP) is 3.89. The quantitative estimate of drug-likeness (QED) is 0.842. The van der Waals surface area contributed by atoms with Gasteiger partial charge in [-0.15, -0.1) is 0 Å². The lowest BCUT2D eigenvalue weighted by atomic mass is 9.93. The van der Waals surface area contributed by atoms with Crippen molar-refractivity contribution in [3.8, 4) is 5.75 Å². The third-order valence-electron chi connectivity index (χ3n) is 3.31. The molecule has 0 unspecified atom stereocenters. The van der Waals surface area contributed by atoms with E-state index in [1.807, 2.05) is 6.07 Å². The zero-order valence-electron chi connectivity index (χ0n) is 12.1. The summed E-state index contributed by atoms with van der Waals surface area (Å²) in [6, 6.07) is 5.76. The summed E-state index contributed by atoms with van der Waals surface area (Å²) in [5, 5.41) is 3.40. The number of benzene rings is 1. The predicted molar refractivity (Wildman–Crippen MR) is 75.8 cm³/mol. The van der Waals surface area contributed by atoms with Crippen molar-refractivity contribution in [2.24, 2.45) is 5.41 Å². The molecule has 0 amide bonds. The Balaban J connectivity index is 1.95. The summed E-state index contributed by atoms with van der Waals surface area (Å²) in [7, 11) is 0.